The summed E-state index contributed by atoms with van der Waals surface area (Å²) in [7, 11) is 0. The van der Waals surface area contributed by atoms with Crippen molar-refractivity contribution in [2.24, 2.45) is 0 Å². The van der Waals surface area contributed by atoms with E-state index in [1.54, 1.807) is 28.9 Å². The van der Waals surface area contributed by atoms with Crippen LogP contribution in [0.4, 0.5) is 4.39 Å². The number of aromatic amines is 1. The molecule has 9 heteroatoms. The second-order valence-electron chi connectivity index (χ2n) is 7.82. The highest BCUT2D eigenvalue weighted by molar-refractivity contribution is 14.1. The van der Waals surface area contributed by atoms with E-state index in [1.807, 2.05) is 13.0 Å². The Bertz CT molecular complexity index is 1290. The van der Waals surface area contributed by atoms with Crippen LogP contribution >= 0.6 is 45.2 Å². The van der Waals surface area contributed by atoms with Gasteiger partial charge in [0.25, 0.3) is 0 Å². The number of aryl methyl sites for hydroxylation is 1. The first-order valence-corrected chi connectivity index (χ1v) is 12.7. The lowest BCUT2D eigenvalue weighted by Crippen LogP contribution is -2.19. The normalized spacial score (nSPS) is 16.7. The molecule has 0 bridgehead atoms. The van der Waals surface area contributed by atoms with E-state index in [4.69, 9.17) is 9.84 Å². The van der Waals surface area contributed by atoms with E-state index < -0.39 is 0 Å². The highest BCUT2D eigenvalue weighted by Crippen LogP contribution is 2.38. The van der Waals surface area contributed by atoms with E-state index >= 15 is 4.39 Å². The number of imidazole rings is 1. The fourth-order valence-electron chi connectivity index (χ4n) is 4.28. The number of ether oxygens (including phenoxy) is 1. The average molecular weight is 658 g/mol. The number of nitrogens with one attached hydrogen (secondary N) is 1. The number of rotatable bonds is 4. The van der Waals surface area contributed by atoms with Crippen LogP contribution in [0.5, 0.6) is 5.75 Å². The predicted octanol–water partition coefficient (Wildman–Crippen LogP) is 6.41. The lowest BCUT2D eigenvalue weighted by Gasteiger charge is -2.23. The number of hydrogen-bond acceptors (Lipinski definition) is 4. The van der Waals surface area contributed by atoms with Crippen molar-refractivity contribution in [2.45, 2.75) is 38.8 Å². The molecule has 166 valence electrons. The fourth-order valence-corrected chi connectivity index (χ4v) is 5.03. The first-order valence-electron chi connectivity index (χ1n) is 10.5. The summed E-state index contributed by atoms with van der Waals surface area (Å²) < 4.78 is 25.6. The standard InChI is InChI=1S/C23H21FI2N4O2/c1-2-12-11-13(31)6-7-14(12)15-8-9-16-19(23-27-21(25)22(26)28-23)29-30(20(16)18(15)24)17-5-3-4-10-32-17/h6-9,11,17,31H,2-5,10H2,1H3,(H,27,28). The third-order valence-electron chi connectivity index (χ3n) is 5.84. The zero-order valence-corrected chi connectivity index (χ0v) is 21.6. The van der Waals surface area contributed by atoms with Crippen molar-refractivity contribution in [1.82, 2.24) is 19.7 Å². The van der Waals surface area contributed by atoms with E-state index in [-0.39, 0.29) is 17.8 Å². The Labute approximate surface area is 211 Å². The van der Waals surface area contributed by atoms with Gasteiger partial charge in [0.2, 0.25) is 0 Å². The van der Waals surface area contributed by atoms with Crippen LogP contribution in [0.3, 0.4) is 0 Å². The molecule has 0 radical (unpaired) electrons. The van der Waals surface area contributed by atoms with Crippen molar-refractivity contribution in [3.05, 3.63) is 49.1 Å². The number of H-pyrrole nitrogens is 1. The predicted molar refractivity (Wildman–Crippen MR) is 138 cm³/mol. The minimum Gasteiger partial charge on any atom is -0.508 e. The van der Waals surface area contributed by atoms with Gasteiger partial charge in [-0.15, -0.1) is 0 Å². The molecule has 1 saturated heterocycles. The zero-order valence-electron chi connectivity index (χ0n) is 17.3. The van der Waals surface area contributed by atoms with Gasteiger partial charge < -0.3 is 14.8 Å². The summed E-state index contributed by atoms with van der Waals surface area (Å²) in [5.74, 6) is 0.452. The molecular formula is C23H21FI2N4O2. The maximum absolute atomic E-state index is 16.2. The maximum Gasteiger partial charge on any atom is 0.160 e. The van der Waals surface area contributed by atoms with Gasteiger partial charge in [0, 0.05) is 17.6 Å². The third-order valence-corrected chi connectivity index (χ3v) is 8.43. The van der Waals surface area contributed by atoms with Crippen LogP contribution in [0.15, 0.2) is 30.3 Å². The van der Waals surface area contributed by atoms with Gasteiger partial charge >= 0.3 is 0 Å². The van der Waals surface area contributed by atoms with Gasteiger partial charge in [-0.1, -0.05) is 19.1 Å². The van der Waals surface area contributed by atoms with E-state index in [0.717, 1.165) is 37.8 Å². The molecule has 1 unspecified atom stereocenters. The quantitative estimate of drug-likeness (QED) is 0.249. The molecule has 0 spiro atoms. The van der Waals surface area contributed by atoms with Crippen LogP contribution in [0.25, 0.3) is 33.5 Å². The smallest absolute Gasteiger partial charge is 0.160 e. The number of nitrogens with zero attached hydrogens (tertiary/aromatic N) is 3. The first kappa shape index (κ1) is 22.1. The first-order chi connectivity index (χ1) is 15.5. The molecule has 0 saturated carbocycles. The van der Waals surface area contributed by atoms with Crippen molar-refractivity contribution >= 4 is 56.1 Å². The molecule has 2 aromatic carbocycles. The summed E-state index contributed by atoms with van der Waals surface area (Å²) in [6.45, 7) is 2.63. The Morgan fingerprint density at radius 2 is 2.03 bits per heavy atom. The summed E-state index contributed by atoms with van der Waals surface area (Å²) in [4.78, 5) is 7.85. The summed E-state index contributed by atoms with van der Waals surface area (Å²) in [6.07, 6.45) is 3.16. The van der Waals surface area contributed by atoms with Gasteiger partial charge in [-0.05, 0) is 100 Å². The van der Waals surface area contributed by atoms with Crippen LogP contribution in [-0.2, 0) is 11.2 Å². The van der Waals surface area contributed by atoms with Crippen LogP contribution < -0.4 is 0 Å². The molecule has 1 aliphatic heterocycles. The Morgan fingerprint density at radius 3 is 2.72 bits per heavy atom. The van der Waals surface area contributed by atoms with E-state index in [0.29, 0.717) is 41.0 Å². The molecule has 5 rings (SSSR count). The molecule has 1 aliphatic rings. The fraction of sp³-hybridized carbons (Fsp3) is 0.304. The number of benzene rings is 2. The highest BCUT2D eigenvalue weighted by atomic mass is 127. The number of fused-ring (bicyclic) bond motifs is 1. The molecular weight excluding hydrogens is 637 g/mol. The van der Waals surface area contributed by atoms with Gasteiger partial charge in [0.05, 0.1) is 0 Å². The molecule has 0 amide bonds. The summed E-state index contributed by atoms with van der Waals surface area (Å²) >= 11 is 4.37. The second kappa shape index (κ2) is 8.90. The van der Waals surface area contributed by atoms with Crippen LogP contribution in [0.2, 0.25) is 0 Å². The Morgan fingerprint density at radius 1 is 1.22 bits per heavy atom. The summed E-state index contributed by atoms with van der Waals surface area (Å²) in [5, 5.41) is 15.4. The summed E-state index contributed by atoms with van der Waals surface area (Å²) in [6, 6.07) is 8.76. The van der Waals surface area contributed by atoms with Gasteiger partial charge in [-0.3, -0.25) is 0 Å². The number of halogens is 3. The number of phenolic OH excluding ortho intramolecular Hbond substituents is 1. The van der Waals surface area contributed by atoms with Crippen molar-refractivity contribution in [3.63, 3.8) is 0 Å². The van der Waals surface area contributed by atoms with E-state index in [2.05, 4.69) is 55.1 Å². The number of hydrogen-bond donors (Lipinski definition) is 2. The SMILES string of the molecule is CCc1cc(O)ccc1-c1ccc2c(-c3nc(I)c(I)[nH]3)nn(C3CCCCO3)c2c1F. The molecule has 1 atom stereocenters. The third kappa shape index (κ3) is 3.81. The van der Waals surface area contributed by atoms with Crippen molar-refractivity contribution in [2.75, 3.05) is 6.61 Å². The lowest BCUT2D eigenvalue weighted by atomic mass is 9.96. The van der Waals surface area contributed by atoms with E-state index in [1.165, 1.54) is 0 Å². The largest absolute Gasteiger partial charge is 0.508 e. The molecule has 1 fully saturated rings. The Kier molecular flexibility index (Phi) is 6.14. The topological polar surface area (TPSA) is 76.0 Å². The molecule has 4 aromatic rings. The van der Waals surface area contributed by atoms with Gasteiger partial charge in [-0.25, -0.2) is 14.1 Å². The molecule has 32 heavy (non-hydrogen) atoms. The van der Waals surface area contributed by atoms with Crippen molar-refractivity contribution in [3.8, 4) is 28.4 Å². The molecule has 0 aliphatic carbocycles. The molecule has 6 nitrogen and oxygen atoms in total. The molecule has 3 heterocycles. The Balaban J connectivity index is 1.76. The summed E-state index contributed by atoms with van der Waals surface area (Å²) in [5.41, 5.74) is 3.17. The number of aromatic nitrogens is 4. The monoisotopic (exact) mass is 658 g/mol. The molecule has 2 N–H and O–H groups in total. The van der Waals surface area contributed by atoms with E-state index in [9.17, 15) is 5.11 Å². The van der Waals surface area contributed by atoms with Crippen LogP contribution in [0.1, 0.15) is 38.0 Å². The average Bonchev–Trinajstić information content (AvgIpc) is 3.35. The number of aromatic hydroxyl groups is 1. The van der Waals surface area contributed by atoms with Gasteiger partial charge in [0.15, 0.2) is 17.9 Å². The van der Waals surface area contributed by atoms with Gasteiger partial charge in [-0.2, -0.15) is 5.10 Å². The second-order valence-corrected chi connectivity index (χ2v) is 9.92. The van der Waals surface area contributed by atoms with Crippen LogP contribution in [-0.4, -0.2) is 31.5 Å². The molecule has 2 aromatic heterocycles. The number of phenols is 1. The van der Waals surface area contributed by atoms with Crippen molar-refractivity contribution in [1.29, 1.82) is 0 Å². The minimum atomic E-state index is -0.341. The van der Waals surface area contributed by atoms with Crippen LogP contribution in [0, 0.1) is 13.2 Å². The lowest BCUT2D eigenvalue weighted by molar-refractivity contribution is -0.0368. The minimum absolute atomic E-state index is 0.178. The highest BCUT2D eigenvalue weighted by Gasteiger charge is 2.27. The maximum atomic E-state index is 16.2. The zero-order chi connectivity index (χ0) is 22.4. The van der Waals surface area contributed by atoms with Gasteiger partial charge in [0.1, 0.15) is 24.4 Å². The van der Waals surface area contributed by atoms with Crippen molar-refractivity contribution < 1.29 is 14.2 Å². The Hall–Kier alpha value is -1.73.